The average molecular weight is 211 g/mol. The number of nitrogens with one attached hydrogen (secondary N) is 1. The van der Waals surface area contributed by atoms with Crippen molar-refractivity contribution >= 4 is 0 Å². The van der Waals surface area contributed by atoms with Crippen LogP contribution in [0.3, 0.4) is 0 Å². The lowest BCUT2D eigenvalue weighted by molar-refractivity contribution is 0.105. The van der Waals surface area contributed by atoms with E-state index in [4.69, 9.17) is 4.74 Å². The zero-order valence-electron chi connectivity index (χ0n) is 10.0. The first kappa shape index (κ1) is 12.7. The summed E-state index contributed by atoms with van der Waals surface area (Å²) >= 11 is 0. The van der Waals surface area contributed by atoms with Crippen LogP contribution in [0.4, 0.5) is 0 Å². The maximum atomic E-state index is 5.52. The topological polar surface area (TPSA) is 21.3 Å². The highest BCUT2D eigenvalue weighted by Crippen LogP contribution is 2.19. The molecule has 1 fully saturated rings. The number of rotatable bonds is 8. The van der Waals surface area contributed by atoms with Crippen LogP contribution in [0.5, 0.6) is 0 Å². The Morgan fingerprint density at radius 2 is 2.27 bits per heavy atom. The molecule has 1 aliphatic rings. The van der Waals surface area contributed by atoms with E-state index in [-0.39, 0.29) is 0 Å². The largest absolute Gasteiger partial charge is 0.378 e. The third kappa shape index (κ3) is 5.33. The quantitative estimate of drug-likeness (QED) is 0.492. The molecule has 2 heteroatoms. The molecule has 0 radical (unpaired) electrons. The van der Waals surface area contributed by atoms with Crippen LogP contribution < -0.4 is 5.32 Å². The molecular weight excluding hydrogens is 186 g/mol. The highest BCUT2D eigenvalue weighted by Gasteiger charge is 2.23. The molecular formula is C13H25NO. The second-order valence-corrected chi connectivity index (χ2v) is 4.47. The Labute approximate surface area is 94.1 Å². The number of unbranched alkanes of at least 4 members (excludes halogenated alkanes) is 3. The third-order valence-corrected chi connectivity index (χ3v) is 3.20. The molecule has 2 unspecified atom stereocenters. The van der Waals surface area contributed by atoms with Gasteiger partial charge in [-0.05, 0) is 45.1 Å². The molecule has 0 amide bonds. The van der Waals surface area contributed by atoms with Crippen LogP contribution in [0, 0.1) is 5.92 Å². The van der Waals surface area contributed by atoms with Crippen molar-refractivity contribution in [2.75, 3.05) is 19.7 Å². The fourth-order valence-corrected chi connectivity index (χ4v) is 2.05. The van der Waals surface area contributed by atoms with E-state index in [0.29, 0.717) is 6.10 Å². The number of hydrogen-bond donors (Lipinski definition) is 1. The number of ether oxygens (including phenoxy) is 1. The number of hydrogen-bond acceptors (Lipinski definition) is 2. The van der Waals surface area contributed by atoms with Crippen LogP contribution in [0.1, 0.15) is 39.0 Å². The van der Waals surface area contributed by atoms with E-state index >= 15 is 0 Å². The van der Waals surface area contributed by atoms with Gasteiger partial charge in [0.2, 0.25) is 0 Å². The van der Waals surface area contributed by atoms with Crippen LogP contribution in [0.2, 0.25) is 0 Å². The summed E-state index contributed by atoms with van der Waals surface area (Å²) in [5.41, 5.74) is 0. The van der Waals surface area contributed by atoms with Gasteiger partial charge < -0.3 is 10.1 Å². The monoisotopic (exact) mass is 211 g/mol. The van der Waals surface area contributed by atoms with Crippen LogP contribution in [0.15, 0.2) is 12.7 Å². The van der Waals surface area contributed by atoms with Gasteiger partial charge in [-0.3, -0.25) is 0 Å². The molecule has 0 aromatic carbocycles. The predicted octanol–water partition coefficient (Wildman–Crippen LogP) is 2.75. The molecule has 0 aliphatic carbocycles. The van der Waals surface area contributed by atoms with Crippen molar-refractivity contribution in [3.05, 3.63) is 12.7 Å². The zero-order chi connectivity index (χ0) is 10.9. The Kier molecular flexibility index (Phi) is 6.69. The van der Waals surface area contributed by atoms with Crippen molar-refractivity contribution in [2.24, 2.45) is 5.92 Å². The third-order valence-electron chi connectivity index (χ3n) is 3.20. The van der Waals surface area contributed by atoms with Crippen LogP contribution in [-0.4, -0.2) is 25.8 Å². The summed E-state index contributed by atoms with van der Waals surface area (Å²) in [6.45, 7) is 9.14. The Balaban J connectivity index is 1.86. The average Bonchev–Trinajstić information content (AvgIpc) is 2.63. The lowest BCUT2D eigenvalue weighted by atomic mass is 10.0. The molecule has 0 aromatic heterocycles. The van der Waals surface area contributed by atoms with Gasteiger partial charge in [0.25, 0.3) is 0 Å². The maximum Gasteiger partial charge on any atom is 0.0588 e. The maximum absolute atomic E-state index is 5.52. The standard InChI is InChI=1S/C13H25NO/c1-3-4-5-6-7-9-14-11-13-8-10-15-12(13)2/h3,12-14H,1,4-11H2,2H3. The van der Waals surface area contributed by atoms with E-state index in [0.717, 1.165) is 32.0 Å². The molecule has 0 saturated carbocycles. The SMILES string of the molecule is C=CCCCCCNCC1CCOC1C. The minimum Gasteiger partial charge on any atom is -0.378 e. The van der Waals surface area contributed by atoms with Gasteiger partial charge in [0, 0.05) is 13.2 Å². The predicted molar refractivity (Wildman–Crippen MR) is 65.1 cm³/mol. The molecule has 1 aliphatic heterocycles. The molecule has 1 N–H and O–H groups in total. The van der Waals surface area contributed by atoms with Gasteiger partial charge in [0.1, 0.15) is 0 Å². The molecule has 2 atom stereocenters. The van der Waals surface area contributed by atoms with Gasteiger partial charge in [-0.2, -0.15) is 0 Å². The molecule has 88 valence electrons. The molecule has 0 aromatic rings. The Bertz CT molecular complexity index is 170. The van der Waals surface area contributed by atoms with Crippen LogP contribution >= 0.6 is 0 Å². The summed E-state index contributed by atoms with van der Waals surface area (Å²) in [6.07, 6.45) is 8.74. The minimum absolute atomic E-state index is 0.457. The molecule has 15 heavy (non-hydrogen) atoms. The van der Waals surface area contributed by atoms with Crippen LogP contribution in [-0.2, 0) is 4.74 Å². The first-order valence-corrected chi connectivity index (χ1v) is 6.28. The van der Waals surface area contributed by atoms with Crippen molar-refractivity contribution in [1.82, 2.24) is 5.32 Å². The summed E-state index contributed by atoms with van der Waals surface area (Å²) in [5.74, 6) is 0.734. The smallest absolute Gasteiger partial charge is 0.0588 e. The molecule has 0 bridgehead atoms. The molecule has 0 spiro atoms. The normalized spacial score (nSPS) is 25.7. The summed E-state index contributed by atoms with van der Waals surface area (Å²) in [4.78, 5) is 0. The van der Waals surface area contributed by atoms with Crippen molar-refractivity contribution in [3.63, 3.8) is 0 Å². The van der Waals surface area contributed by atoms with E-state index in [2.05, 4.69) is 18.8 Å². The van der Waals surface area contributed by atoms with Crippen molar-refractivity contribution in [1.29, 1.82) is 0 Å². The first-order valence-electron chi connectivity index (χ1n) is 6.28. The molecule has 1 heterocycles. The van der Waals surface area contributed by atoms with Crippen molar-refractivity contribution in [2.45, 2.75) is 45.1 Å². The zero-order valence-corrected chi connectivity index (χ0v) is 10.0. The minimum atomic E-state index is 0.457. The second-order valence-electron chi connectivity index (χ2n) is 4.47. The summed E-state index contributed by atoms with van der Waals surface area (Å²) in [6, 6.07) is 0. The number of allylic oxidation sites excluding steroid dienone is 1. The van der Waals surface area contributed by atoms with Gasteiger partial charge >= 0.3 is 0 Å². The van der Waals surface area contributed by atoms with E-state index in [1.54, 1.807) is 0 Å². The fraction of sp³-hybridized carbons (Fsp3) is 0.846. The van der Waals surface area contributed by atoms with Crippen molar-refractivity contribution < 1.29 is 4.74 Å². The molecule has 1 saturated heterocycles. The van der Waals surface area contributed by atoms with E-state index in [1.807, 2.05) is 6.08 Å². The van der Waals surface area contributed by atoms with Crippen molar-refractivity contribution in [3.8, 4) is 0 Å². The summed E-state index contributed by atoms with van der Waals surface area (Å²) in [5, 5.41) is 3.53. The Morgan fingerprint density at radius 3 is 2.93 bits per heavy atom. The van der Waals surface area contributed by atoms with Crippen LogP contribution in [0.25, 0.3) is 0 Å². The van der Waals surface area contributed by atoms with Gasteiger partial charge in [-0.25, -0.2) is 0 Å². The van der Waals surface area contributed by atoms with E-state index < -0.39 is 0 Å². The van der Waals surface area contributed by atoms with Gasteiger partial charge in [0.05, 0.1) is 6.10 Å². The highest BCUT2D eigenvalue weighted by molar-refractivity contribution is 4.74. The second kappa shape index (κ2) is 7.89. The van der Waals surface area contributed by atoms with E-state index in [9.17, 15) is 0 Å². The fourth-order valence-electron chi connectivity index (χ4n) is 2.05. The molecule has 2 nitrogen and oxygen atoms in total. The highest BCUT2D eigenvalue weighted by atomic mass is 16.5. The molecule has 1 rings (SSSR count). The lowest BCUT2D eigenvalue weighted by Gasteiger charge is -2.14. The van der Waals surface area contributed by atoms with Gasteiger partial charge in [-0.15, -0.1) is 6.58 Å². The Morgan fingerprint density at radius 1 is 1.40 bits per heavy atom. The van der Waals surface area contributed by atoms with E-state index in [1.165, 1.54) is 25.7 Å². The summed E-state index contributed by atoms with van der Waals surface area (Å²) in [7, 11) is 0. The first-order chi connectivity index (χ1) is 7.34. The lowest BCUT2D eigenvalue weighted by Crippen LogP contribution is -2.27. The van der Waals surface area contributed by atoms with Gasteiger partial charge in [0.15, 0.2) is 0 Å². The van der Waals surface area contributed by atoms with Gasteiger partial charge in [-0.1, -0.05) is 12.5 Å². The Hall–Kier alpha value is -0.340. The summed E-state index contributed by atoms with van der Waals surface area (Å²) < 4.78 is 5.52.